The molecule has 2 unspecified atom stereocenters. The lowest BCUT2D eigenvalue weighted by Crippen LogP contribution is -2.55. The van der Waals surface area contributed by atoms with E-state index in [0.29, 0.717) is 5.02 Å². The van der Waals surface area contributed by atoms with E-state index in [1.807, 2.05) is 24.3 Å². The summed E-state index contributed by atoms with van der Waals surface area (Å²) >= 11 is 6.16. The van der Waals surface area contributed by atoms with Gasteiger partial charge in [0, 0.05) is 29.2 Å². The van der Waals surface area contributed by atoms with Crippen LogP contribution in [0.2, 0.25) is 5.02 Å². The molecule has 0 spiro atoms. The molecule has 5 atom stereocenters. The van der Waals surface area contributed by atoms with Gasteiger partial charge in [0.05, 0.1) is 11.6 Å². The first-order valence-corrected chi connectivity index (χ1v) is 9.01. The lowest BCUT2D eigenvalue weighted by Gasteiger charge is -2.51. The number of halogens is 1. The summed E-state index contributed by atoms with van der Waals surface area (Å²) in [5, 5.41) is 12.8. The van der Waals surface area contributed by atoms with Crippen LogP contribution in [0.4, 0.5) is 0 Å². The maximum Gasteiger partial charge on any atom is 0.0952 e. The zero-order valence-corrected chi connectivity index (χ0v) is 14.2. The van der Waals surface area contributed by atoms with Crippen molar-refractivity contribution >= 4 is 22.5 Å². The van der Waals surface area contributed by atoms with Crippen molar-refractivity contribution in [2.45, 2.75) is 38.3 Å². The molecular weight excluding hydrogens is 308 g/mol. The molecule has 4 heteroatoms. The summed E-state index contributed by atoms with van der Waals surface area (Å²) in [6.07, 6.45) is 4.95. The second-order valence-corrected chi connectivity index (χ2v) is 7.46. The average molecular weight is 331 g/mol. The maximum atomic E-state index is 11.1. The zero-order valence-electron chi connectivity index (χ0n) is 13.5. The van der Waals surface area contributed by atoms with Crippen molar-refractivity contribution in [3.63, 3.8) is 0 Å². The summed E-state index contributed by atoms with van der Waals surface area (Å²) in [6.45, 7) is 4.54. The highest BCUT2D eigenvalue weighted by molar-refractivity contribution is 6.31. The van der Waals surface area contributed by atoms with E-state index >= 15 is 0 Å². The molecule has 0 radical (unpaired) electrons. The largest absolute Gasteiger partial charge is 0.387 e. The van der Waals surface area contributed by atoms with Crippen LogP contribution in [0.25, 0.3) is 10.9 Å². The molecule has 3 saturated heterocycles. The number of aliphatic hydroxyl groups excluding tert-OH is 1. The van der Waals surface area contributed by atoms with Gasteiger partial charge in [-0.15, -0.1) is 0 Å². The number of hydrogen-bond acceptors (Lipinski definition) is 3. The molecule has 3 aliphatic rings. The van der Waals surface area contributed by atoms with Gasteiger partial charge in [-0.1, -0.05) is 24.9 Å². The van der Waals surface area contributed by atoms with Crippen LogP contribution in [0.3, 0.4) is 0 Å². The Labute approximate surface area is 142 Å². The first kappa shape index (κ1) is 15.4. The standard InChI is InChI=1S/C19H23ClN2O/c1-2-12-11-22-8-6-13(12)9-18(22)19(23)15-5-7-21-17-4-3-14(20)10-16(15)17/h3-5,7,10,12-13,18-19,23H,2,6,8-9,11H2,1H3/t12-,13+,18?,19+/m0/s1. The highest BCUT2D eigenvalue weighted by Gasteiger charge is 2.42. The third-order valence-corrected chi connectivity index (χ3v) is 6.12. The van der Waals surface area contributed by atoms with E-state index in [2.05, 4.69) is 16.8 Å². The van der Waals surface area contributed by atoms with E-state index in [1.54, 1.807) is 6.20 Å². The van der Waals surface area contributed by atoms with E-state index in [-0.39, 0.29) is 6.04 Å². The van der Waals surface area contributed by atoms with E-state index in [9.17, 15) is 5.11 Å². The molecule has 1 aromatic carbocycles. The van der Waals surface area contributed by atoms with Crippen LogP contribution < -0.4 is 0 Å². The van der Waals surface area contributed by atoms with Crippen molar-refractivity contribution in [3.05, 3.63) is 41.0 Å². The first-order valence-electron chi connectivity index (χ1n) is 8.63. The number of fused-ring (bicyclic) bond motifs is 4. The SMILES string of the molecule is CC[C@H]1CN2CC[C@@H]1CC2[C@H](O)c1ccnc2ccc(Cl)cc12. The summed E-state index contributed by atoms with van der Waals surface area (Å²) in [5.74, 6) is 1.57. The first-order chi connectivity index (χ1) is 11.2. The number of aromatic nitrogens is 1. The second kappa shape index (κ2) is 6.04. The fourth-order valence-corrected chi connectivity index (χ4v) is 4.75. The van der Waals surface area contributed by atoms with Crippen molar-refractivity contribution in [2.75, 3.05) is 13.1 Å². The molecule has 5 rings (SSSR count). The number of rotatable bonds is 3. The van der Waals surface area contributed by atoms with Gasteiger partial charge in [-0.2, -0.15) is 0 Å². The Morgan fingerprint density at radius 1 is 1.39 bits per heavy atom. The van der Waals surface area contributed by atoms with Gasteiger partial charge in [-0.3, -0.25) is 9.88 Å². The van der Waals surface area contributed by atoms with E-state index in [1.165, 1.54) is 12.8 Å². The van der Waals surface area contributed by atoms with Crippen molar-refractivity contribution < 1.29 is 5.11 Å². The van der Waals surface area contributed by atoms with E-state index in [4.69, 9.17) is 11.6 Å². The Hall–Kier alpha value is -1.16. The third-order valence-electron chi connectivity index (χ3n) is 5.88. The smallest absolute Gasteiger partial charge is 0.0952 e. The molecule has 2 bridgehead atoms. The Bertz CT molecular complexity index is 720. The van der Waals surface area contributed by atoms with Crippen LogP contribution >= 0.6 is 11.6 Å². The average Bonchev–Trinajstić information content (AvgIpc) is 2.60. The Morgan fingerprint density at radius 3 is 3.00 bits per heavy atom. The molecule has 0 saturated carbocycles. The number of hydrogen-bond donors (Lipinski definition) is 1. The summed E-state index contributed by atoms with van der Waals surface area (Å²) < 4.78 is 0. The summed E-state index contributed by atoms with van der Waals surface area (Å²) in [6, 6.07) is 7.87. The van der Waals surface area contributed by atoms with Crippen molar-refractivity contribution in [1.82, 2.24) is 9.88 Å². The quantitative estimate of drug-likeness (QED) is 0.922. The molecule has 1 aromatic heterocycles. The summed E-state index contributed by atoms with van der Waals surface area (Å²) in [5.41, 5.74) is 1.86. The molecule has 122 valence electrons. The zero-order chi connectivity index (χ0) is 16.0. The second-order valence-electron chi connectivity index (χ2n) is 7.02. The van der Waals surface area contributed by atoms with Crippen molar-refractivity contribution in [2.24, 2.45) is 11.8 Å². The maximum absolute atomic E-state index is 11.1. The minimum Gasteiger partial charge on any atom is -0.387 e. The van der Waals surface area contributed by atoms with Crippen LogP contribution in [0.15, 0.2) is 30.5 Å². The Balaban J connectivity index is 1.68. The van der Waals surface area contributed by atoms with Gasteiger partial charge < -0.3 is 5.11 Å². The Morgan fingerprint density at radius 2 is 2.26 bits per heavy atom. The van der Waals surface area contributed by atoms with Gasteiger partial charge in [0.1, 0.15) is 0 Å². The molecule has 2 aromatic rings. The normalized spacial score (nSPS) is 31.4. The van der Waals surface area contributed by atoms with Crippen LogP contribution in [0, 0.1) is 11.8 Å². The number of benzene rings is 1. The summed E-state index contributed by atoms with van der Waals surface area (Å²) in [4.78, 5) is 6.90. The number of aliphatic hydroxyl groups is 1. The molecule has 0 aliphatic carbocycles. The fraction of sp³-hybridized carbons (Fsp3) is 0.526. The van der Waals surface area contributed by atoms with Crippen LogP contribution in [-0.4, -0.2) is 34.1 Å². The van der Waals surface area contributed by atoms with Gasteiger partial charge >= 0.3 is 0 Å². The number of piperidine rings is 3. The molecule has 3 nitrogen and oxygen atoms in total. The predicted octanol–water partition coefficient (Wildman–Crippen LogP) is 4.04. The highest BCUT2D eigenvalue weighted by Crippen LogP contribution is 2.42. The van der Waals surface area contributed by atoms with Crippen molar-refractivity contribution in [3.8, 4) is 0 Å². The fourth-order valence-electron chi connectivity index (χ4n) is 4.58. The molecule has 1 N–H and O–H groups in total. The van der Waals surface area contributed by atoms with Crippen molar-refractivity contribution in [1.29, 1.82) is 0 Å². The number of pyridine rings is 1. The van der Waals surface area contributed by atoms with Gasteiger partial charge in [-0.05, 0) is 61.1 Å². The van der Waals surface area contributed by atoms with Gasteiger partial charge in [0.25, 0.3) is 0 Å². The lowest BCUT2D eigenvalue weighted by atomic mass is 9.72. The monoisotopic (exact) mass is 330 g/mol. The van der Waals surface area contributed by atoms with Crippen LogP contribution in [0.1, 0.15) is 37.9 Å². The van der Waals surface area contributed by atoms with Gasteiger partial charge in [0.2, 0.25) is 0 Å². The Kier molecular flexibility index (Phi) is 4.04. The van der Waals surface area contributed by atoms with E-state index in [0.717, 1.165) is 47.8 Å². The lowest BCUT2D eigenvalue weighted by molar-refractivity contribution is -0.0562. The number of nitrogens with zero attached hydrogens (tertiary/aromatic N) is 2. The molecule has 4 heterocycles. The molecule has 0 amide bonds. The van der Waals surface area contributed by atoms with E-state index < -0.39 is 6.10 Å². The predicted molar refractivity (Wildman–Crippen MR) is 93.6 cm³/mol. The topological polar surface area (TPSA) is 36.4 Å². The summed E-state index contributed by atoms with van der Waals surface area (Å²) in [7, 11) is 0. The highest BCUT2D eigenvalue weighted by atomic mass is 35.5. The molecule has 23 heavy (non-hydrogen) atoms. The molecule has 3 aliphatic heterocycles. The van der Waals surface area contributed by atoms with Crippen LogP contribution in [0.5, 0.6) is 0 Å². The van der Waals surface area contributed by atoms with Gasteiger partial charge in [-0.25, -0.2) is 0 Å². The van der Waals surface area contributed by atoms with Gasteiger partial charge in [0.15, 0.2) is 0 Å². The minimum absolute atomic E-state index is 0.223. The molecule has 3 fully saturated rings. The minimum atomic E-state index is -0.473. The molecular formula is C19H23ClN2O. The van der Waals surface area contributed by atoms with Crippen LogP contribution in [-0.2, 0) is 0 Å². The third kappa shape index (κ3) is 2.65.